The number of hydrogen-bond acceptors (Lipinski definition) is 9. The molecule has 198 valence electrons. The maximum absolute atomic E-state index is 13.3. The Hall–Kier alpha value is -4.18. The predicted octanol–water partition coefficient (Wildman–Crippen LogP) is 2.41. The van der Waals surface area contributed by atoms with Crippen LogP contribution in [0.2, 0.25) is 0 Å². The molecule has 0 aliphatic carbocycles. The van der Waals surface area contributed by atoms with Crippen molar-refractivity contribution in [2.24, 2.45) is 0 Å². The number of nitrogens with zero attached hydrogens (tertiary/aromatic N) is 4. The number of morpholine rings is 1. The number of hydrogen-bond donors (Lipinski definition) is 2. The number of anilines is 2. The fourth-order valence-corrected chi connectivity index (χ4v) is 4.23. The zero-order valence-electron chi connectivity index (χ0n) is 21.5. The monoisotopic (exact) mass is 516 g/mol. The van der Waals surface area contributed by atoms with Crippen molar-refractivity contribution in [3.05, 3.63) is 65.7 Å². The lowest BCUT2D eigenvalue weighted by atomic mass is 10.0. The molecular weight excluding hydrogens is 484 g/mol. The van der Waals surface area contributed by atoms with Crippen LogP contribution >= 0.6 is 0 Å². The lowest BCUT2D eigenvalue weighted by Gasteiger charge is -2.30. The Balaban J connectivity index is 1.41. The van der Waals surface area contributed by atoms with Gasteiger partial charge in [0.25, 0.3) is 0 Å². The van der Waals surface area contributed by atoms with Crippen molar-refractivity contribution in [1.82, 2.24) is 20.3 Å². The van der Waals surface area contributed by atoms with Crippen LogP contribution in [0, 0.1) is 0 Å². The van der Waals surface area contributed by atoms with E-state index >= 15 is 0 Å². The molecule has 0 saturated carbocycles. The largest absolute Gasteiger partial charge is 0.382 e. The fraction of sp³-hybridized carbons (Fsp3) is 0.357. The van der Waals surface area contributed by atoms with Crippen LogP contribution in [0.15, 0.2) is 48.9 Å². The van der Waals surface area contributed by atoms with E-state index in [1.165, 1.54) is 6.92 Å². The van der Waals surface area contributed by atoms with Crippen LogP contribution in [0.1, 0.15) is 41.4 Å². The molecule has 0 bridgehead atoms. The van der Waals surface area contributed by atoms with Gasteiger partial charge in [0.1, 0.15) is 11.5 Å². The molecule has 1 saturated heterocycles. The van der Waals surface area contributed by atoms with Gasteiger partial charge in [0, 0.05) is 68.1 Å². The zero-order chi connectivity index (χ0) is 26.9. The van der Waals surface area contributed by atoms with Crippen molar-refractivity contribution >= 4 is 29.0 Å². The van der Waals surface area contributed by atoms with E-state index < -0.39 is 0 Å². The van der Waals surface area contributed by atoms with Gasteiger partial charge in [-0.25, -0.2) is 9.97 Å². The molecular formula is C28H32N6O4. The summed E-state index contributed by atoms with van der Waals surface area (Å²) >= 11 is 0. The van der Waals surface area contributed by atoms with Crippen LogP contribution in [-0.4, -0.2) is 65.3 Å². The third kappa shape index (κ3) is 7.19. The highest BCUT2D eigenvalue weighted by atomic mass is 16.5. The molecule has 2 aromatic heterocycles. The summed E-state index contributed by atoms with van der Waals surface area (Å²) in [7, 11) is 0. The van der Waals surface area contributed by atoms with Gasteiger partial charge in [0.05, 0.1) is 25.1 Å². The number of nitrogen functional groups attached to an aromatic ring is 1. The number of nitrogens with two attached hydrogens (primary N) is 1. The van der Waals surface area contributed by atoms with Crippen LogP contribution in [0.25, 0.3) is 11.3 Å². The van der Waals surface area contributed by atoms with Crippen molar-refractivity contribution in [2.75, 3.05) is 43.5 Å². The normalized spacial score (nSPS) is 13.2. The van der Waals surface area contributed by atoms with Crippen LogP contribution in [-0.2, 0) is 27.2 Å². The SMILES string of the molecule is CC(=O)CCC(=O)NCCc1ccc(-c2cnc(N)c(C(=O)Cc3cnccc3N3CCOCC3)n2)cc1. The van der Waals surface area contributed by atoms with Gasteiger partial charge >= 0.3 is 0 Å². The van der Waals surface area contributed by atoms with Gasteiger partial charge in [0.15, 0.2) is 11.6 Å². The Labute approximate surface area is 221 Å². The first-order chi connectivity index (χ1) is 18.4. The second-order valence-corrected chi connectivity index (χ2v) is 9.19. The van der Waals surface area contributed by atoms with Crippen molar-refractivity contribution in [3.63, 3.8) is 0 Å². The summed E-state index contributed by atoms with van der Waals surface area (Å²) < 4.78 is 5.45. The molecule has 10 heteroatoms. The molecule has 3 heterocycles. The lowest BCUT2D eigenvalue weighted by Crippen LogP contribution is -2.37. The van der Waals surface area contributed by atoms with E-state index in [4.69, 9.17) is 10.5 Å². The Morgan fingerprint density at radius 1 is 1.05 bits per heavy atom. The number of nitrogens with one attached hydrogen (secondary N) is 1. The number of rotatable bonds is 11. The summed E-state index contributed by atoms with van der Waals surface area (Å²) in [5, 5.41) is 2.83. The molecule has 10 nitrogen and oxygen atoms in total. The number of amides is 1. The number of aromatic nitrogens is 3. The standard InChI is InChI=1S/C28H32N6O4/c1-19(35)2-7-26(37)31-11-8-20-3-5-21(6-4-20)23-18-32-28(29)27(33-23)25(36)16-22-17-30-10-9-24(22)34-12-14-38-15-13-34/h3-6,9-10,17-18H,2,7-8,11-16H2,1H3,(H2,29,32)(H,31,37). The lowest BCUT2D eigenvalue weighted by molar-refractivity contribution is -0.124. The quantitative estimate of drug-likeness (QED) is 0.368. The maximum atomic E-state index is 13.3. The van der Waals surface area contributed by atoms with Crippen LogP contribution in [0.3, 0.4) is 0 Å². The summed E-state index contributed by atoms with van der Waals surface area (Å²) in [4.78, 5) is 51.2. The minimum atomic E-state index is -0.225. The van der Waals surface area contributed by atoms with E-state index in [0.717, 1.165) is 35.5 Å². The molecule has 1 fully saturated rings. The highest BCUT2D eigenvalue weighted by Gasteiger charge is 2.20. The third-order valence-electron chi connectivity index (χ3n) is 6.34. The van der Waals surface area contributed by atoms with Gasteiger partial charge in [-0.15, -0.1) is 0 Å². The Morgan fingerprint density at radius 2 is 1.82 bits per heavy atom. The smallest absolute Gasteiger partial charge is 0.220 e. The first-order valence-corrected chi connectivity index (χ1v) is 12.7. The van der Waals surface area contributed by atoms with Crippen molar-refractivity contribution in [1.29, 1.82) is 0 Å². The van der Waals surface area contributed by atoms with Crippen LogP contribution in [0.4, 0.5) is 11.5 Å². The van der Waals surface area contributed by atoms with Gasteiger partial charge in [-0.2, -0.15) is 0 Å². The van der Waals surface area contributed by atoms with E-state index in [1.54, 1.807) is 18.6 Å². The maximum Gasteiger partial charge on any atom is 0.220 e. The number of Topliss-reactive ketones (excluding diaryl/α,β-unsaturated/α-hetero) is 2. The Morgan fingerprint density at radius 3 is 2.55 bits per heavy atom. The van der Waals surface area contributed by atoms with E-state index in [2.05, 4.69) is 25.2 Å². The second kappa shape index (κ2) is 12.9. The van der Waals surface area contributed by atoms with Gasteiger partial charge in [-0.1, -0.05) is 24.3 Å². The molecule has 0 spiro atoms. The molecule has 0 unspecified atom stereocenters. The summed E-state index contributed by atoms with van der Waals surface area (Å²) in [5.41, 5.74) is 10.3. The average molecular weight is 517 g/mol. The number of benzene rings is 1. The molecule has 1 aliphatic rings. The molecule has 1 aliphatic heterocycles. The van der Waals surface area contributed by atoms with Crippen LogP contribution in [0.5, 0.6) is 0 Å². The van der Waals surface area contributed by atoms with Crippen molar-refractivity contribution in [2.45, 2.75) is 32.6 Å². The topological polar surface area (TPSA) is 140 Å². The number of carbonyl (C=O) groups excluding carboxylic acids is 3. The number of pyridine rings is 1. The van der Waals surface area contributed by atoms with E-state index in [1.807, 2.05) is 30.3 Å². The molecule has 1 amide bonds. The van der Waals surface area contributed by atoms with Gasteiger partial charge in [0.2, 0.25) is 5.91 Å². The van der Waals surface area contributed by atoms with Gasteiger partial charge in [-0.05, 0) is 25.0 Å². The van der Waals surface area contributed by atoms with E-state index in [-0.39, 0.29) is 48.2 Å². The summed E-state index contributed by atoms with van der Waals surface area (Å²) in [6.45, 7) is 4.75. The molecule has 4 rings (SSSR count). The highest BCUT2D eigenvalue weighted by molar-refractivity contribution is 6.00. The number of ketones is 2. The van der Waals surface area contributed by atoms with E-state index in [0.29, 0.717) is 31.9 Å². The second-order valence-electron chi connectivity index (χ2n) is 9.19. The molecule has 0 atom stereocenters. The Kier molecular flexibility index (Phi) is 9.10. The summed E-state index contributed by atoms with van der Waals surface area (Å²) in [6, 6.07) is 9.61. The van der Waals surface area contributed by atoms with Crippen molar-refractivity contribution in [3.8, 4) is 11.3 Å². The minimum absolute atomic E-state index is 0.00109. The molecule has 38 heavy (non-hydrogen) atoms. The zero-order valence-corrected chi connectivity index (χ0v) is 21.5. The summed E-state index contributed by atoms with van der Waals surface area (Å²) in [5.74, 6) is -0.264. The van der Waals surface area contributed by atoms with Gasteiger partial charge < -0.3 is 25.5 Å². The predicted molar refractivity (Wildman–Crippen MR) is 144 cm³/mol. The number of ether oxygens (including phenoxy) is 1. The molecule has 3 N–H and O–H groups in total. The fourth-order valence-electron chi connectivity index (χ4n) is 4.23. The highest BCUT2D eigenvalue weighted by Crippen LogP contribution is 2.24. The minimum Gasteiger partial charge on any atom is -0.382 e. The van der Waals surface area contributed by atoms with E-state index in [9.17, 15) is 14.4 Å². The molecule has 1 aromatic carbocycles. The molecule has 3 aromatic rings. The van der Waals surface area contributed by atoms with Crippen molar-refractivity contribution < 1.29 is 19.1 Å². The van der Waals surface area contributed by atoms with Crippen LogP contribution < -0.4 is 16.0 Å². The summed E-state index contributed by atoms with van der Waals surface area (Å²) in [6.07, 6.45) is 6.21. The first kappa shape index (κ1) is 26.9. The molecule has 0 radical (unpaired) electrons. The van der Waals surface area contributed by atoms with Gasteiger partial charge in [-0.3, -0.25) is 14.6 Å². The first-order valence-electron chi connectivity index (χ1n) is 12.7. The number of carbonyl (C=O) groups is 3. The average Bonchev–Trinajstić information content (AvgIpc) is 2.93. The Bertz CT molecular complexity index is 1290. The third-order valence-corrected chi connectivity index (χ3v) is 6.34.